The molecule has 1 aromatic carbocycles. The molecule has 2 N–H and O–H groups in total. The van der Waals surface area contributed by atoms with E-state index in [2.05, 4.69) is 0 Å². The molecule has 2 rings (SSSR count). The lowest BCUT2D eigenvalue weighted by molar-refractivity contribution is 0.100. The van der Waals surface area contributed by atoms with E-state index in [1.807, 2.05) is 6.92 Å². The van der Waals surface area contributed by atoms with E-state index in [-0.39, 0.29) is 17.1 Å². The van der Waals surface area contributed by atoms with Crippen molar-refractivity contribution < 1.29 is 4.79 Å². The number of halogens is 1. The van der Waals surface area contributed by atoms with Gasteiger partial charge in [-0.25, -0.2) is 4.79 Å². The molecular weight excluding hydrogens is 294 g/mol. The smallest absolute Gasteiger partial charge is 0.331 e. The summed E-state index contributed by atoms with van der Waals surface area (Å²) in [6, 6.07) is 5.84. The number of carbonyl (C=O) groups excluding carboxylic acids is 1. The maximum Gasteiger partial charge on any atom is 0.331 e. The second-order valence-electron chi connectivity index (χ2n) is 4.48. The van der Waals surface area contributed by atoms with Crippen LogP contribution in [0.15, 0.2) is 40.1 Å². The van der Waals surface area contributed by atoms with E-state index in [0.717, 1.165) is 4.57 Å². The van der Waals surface area contributed by atoms with E-state index < -0.39 is 17.2 Å². The third-order valence-corrected chi connectivity index (χ3v) is 3.50. The van der Waals surface area contributed by atoms with Crippen molar-refractivity contribution in [3.8, 4) is 0 Å². The van der Waals surface area contributed by atoms with Gasteiger partial charge in [-0.2, -0.15) is 0 Å². The fourth-order valence-corrected chi connectivity index (χ4v) is 2.18. The molecule has 0 bridgehead atoms. The lowest BCUT2D eigenvalue weighted by Crippen LogP contribution is -2.39. The Morgan fingerprint density at radius 3 is 2.57 bits per heavy atom. The third kappa shape index (κ3) is 3.05. The highest BCUT2D eigenvalue weighted by atomic mass is 35.5. The molecule has 0 aliphatic heterocycles. The Hall–Kier alpha value is -2.34. The Bertz CT molecular complexity index is 808. The molecule has 0 atom stereocenters. The maximum absolute atomic E-state index is 12.1. The molecule has 1 aromatic heterocycles. The number of rotatable bonds is 4. The molecule has 0 aliphatic carbocycles. The third-order valence-electron chi connectivity index (χ3n) is 3.15. The number of benzene rings is 1. The minimum Gasteiger partial charge on any atom is -0.366 e. The molecule has 0 unspecified atom stereocenters. The average molecular weight is 308 g/mol. The minimum atomic E-state index is -0.589. The van der Waals surface area contributed by atoms with Crippen LogP contribution in [0.25, 0.3) is 0 Å². The van der Waals surface area contributed by atoms with E-state index in [9.17, 15) is 14.4 Å². The summed E-state index contributed by atoms with van der Waals surface area (Å²) in [7, 11) is 0. The van der Waals surface area contributed by atoms with Crippen molar-refractivity contribution in [3.63, 3.8) is 0 Å². The minimum absolute atomic E-state index is 0.0381. The van der Waals surface area contributed by atoms with Crippen LogP contribution in [-0.4, -0.2) is 15.0 Å². The number of nitrogens with zero attached hydrogens (tertiary/aromatic N) is 2. The zero-order valence-electron chi connectivity index (χ0n) is 11.4. The number of primary amides is 1. The number of nitrogens with two attached hydrogens (primary N) is 1. The fourth-order valence-electron chi connectivity index (χ4n) is 1.94. The number of aromatic nitrogens is 2. The number of amides is 1. The molecule has 0 saturated heterocycles. The van der Waals surface area contributed by atoms with Gasteiger partial charge in [-0.05, 0) is 24.6 Å². The van der Waals surface area contributed by atoms with Crippen LogP contribution >= 0.6 is 11.6 Å². The van der Waals surface area contributed by atoms with Crippen molar-refractivity contribution >= 4 is 17.5 Å². The van der Waals surface area contributed by atoms with Crippen LogP contribution in [0, 0.1) is 0 Å². The summed E-state index contributed by atoms with van der Waals surface area (Å²) in [4.78, 5) is 35.0. The Labute approximate surface area is 125 Å². The number of carbonyl (C=O) groups is 1. The highest BCUT2D eigenvalue weighted by Crippen LogP contribution is 2.18. The molecule has 0 spiro atoms. The van der Waals surface area contributed by atoms with Gasteiger partial charge in [0.1, 0.15) is 0 Å². The number of hydrogen-bond donors (Lipinski definition) is 1. The molecule has 1 heterocycles. The predicted molar refractivity (Wildman–Crippen MR) is 79.7 cm³/mol. The molecule has 21 heavy (non-hydrogen) atoms. The second kappa shape index (κ2) is 5.97. The molecule has 0 saturated carbocycles. The van der Waals surface area contributed by atoms with E-state index in [4.69, 9.17) is 17.3 Å². The number of hydrogen-bond acceptors (Lipinski definition) is 3. The van der Waals surface area contributed by atoms with E-state index in [1.165, 1.54) is 29.0 Å². The van der Waals surface area contributed by atoms with Gasteiger partial charge in [0.2, 0.25) is 5.91 Å². The number of aryl methyl sites for hydroxylation is 1. The fraction of sp³-hybridized carbons (Fsp3) is 0.214. The quantitative estimate of drug-likeness (QED) is 0.907. The van der Waals surface area contributed by atoms with Crippen molar-refractivity contribution in [2.45, 2.75) is 20.0 Å². The first-order valence-corrected chi connectivity index (χ1v) is 6.70. The van der Waals surface area contributed by atoms with Gasteiger partial charge >= 0.3 is 5.69 Å². The van der Waals surface area contributed by atoms with Crippen molar-refractivity contribution in [1.82, 2.24) is 9.13 Å². The van der Waals surface area contributed by atoms with E-state index >= 15 is 0 Å². The van der Waals surface area contributed by atoms with Crippen LogP contribution in [-0.2, 0) is 13.1 Å². The summed E-state index contributed by atoms with van der Waals surface area (Å²) < 4.78 is 2.52. The summed E-state index contributed by atoms with van der Waals surface area (Å²) in [6.07, 6.45) is 1.46. The highest BCUT2D eigenvalue weighted by Gasteiger charge is 2.10. The Morgan fingerprint density at radius 1 is 1.29 bits per heavy atom. The molecule has 0 aliphatic rings. The van der Waals surface area contributed by atoms with Crippen LogP contribution in [0.3, 0.4) is 0 Å². The van der Waals surface area contributed by atoms with Crippen LogP contribution in [0.4, 0.5) is 0 Å². The SMILES string of the molecule is CCn1ccc(=O)n(Cc2ccc(C(N)=O)cc2Cl)c1=O. The first-order valence-electron chi connectivity index (χ1n) is 6.32. The largest absolute Gasteiger partial charge is 0.366 e. The Morgan fingerprint density at radius 2 is 2.00 bits per heavy atom. The molecule has 7 heteroatoms. The van der Waals surface area contributed by atoms with Crippen molar-refractivity contribution in [2.75, 3.05) is 0 Å². The van der Waals surface area contributed by atoms with Crippen LogP contribution in [0.1, 0.15) is 22.8 Å². The molecule has 2 aromatic rings. The zero-order chi connectivity index (χ0) is 15.6. The zero-order valence-corrected chi connectivity index (χ0v) is 12.1. The van der Waals surface area contributed by atoms with Gasteiger partial charge < -0.3 is 10.3 Å². The first kappa shape index (κ1) is 15.1. The van der Waals surface area contributed by atoms with Crippen LogP contribution < -0.4 is 17.0 Å². The van der Waals surface area contributed by atoms with Crippen molar-refractivity contribution in [1.29, 1.82) is 0 Å². The van der Waals surface area contributed by atoms with Gasteiger partial charge in [0.25, 0.3) is 5.56 Å². The molecule has 0 radical (unpaired) electrons. The molecule has 1 amide bonds. The van der Waals surface area contributed by atoms with Crippen molar-refractivity contribution in [2.24, 2.45) is 5.73 Å². The van der Waals surface area contributed by atoms with E-state index in [0.29, 0.717) is 12.1 Å². The first-order chi connectivity index (χ1) is 9.93. The molecular formula is C14H14ClN3O3. The average Bonchev–Trinajstić information content (AvgIpc) is 2.44. The van der Waals surface area contributed by atoms with Gasteiger partial charge in [0.15, 0.2) is 0 Å². The maximum atomic E-state index is 12.1. The van der Waals surface area contributed by atoms with E-state index in [1.54, 1.807) is 6.07 Å². The van der Waals surface area contributed by atoms with Crippen molar-refractivity contribution in [3.05, 3.63) is 67.4 Å². The summed E-state index contributed by atoms with van der Waals surface area (Å²) in [5.41, 5.74) is 5.20. The lowest BCUT2D eigenvalue weighted by atomic mass is 10.1. The van der Waals surface area contributed by atoms with Gasteiger partial charge in [-0.15, -0.1) is 0 Å². The highest BCUT2D eigenvalue weighted by molar-refractivity contribution is 6.31. The molecule has 110 valence electrons. The second-order valence-corrected chi connectivity index (χ2v) is 4.89. The lowest BCUT2D eigenvalue weighted by Gasteiger charge is -2.10. The van der Waals surface area contributed by atoms with Gasteiger partial charge in [0, 0.05) is 29.4 Å². The Balaban J connectivity index is 2.46. The predicted octanol–water partition coefficient (Wildman–Crippen LogP) is 0.831. The van der Waals surface area contributed by atoms with Crippen LogP contribution in [0.5, 0.6) is 0 Å². The summed E-state index contributed by atoms with van der Waals surface area (Å²) in [6.45, 7) is 2.31. The summed E-state index contributed by atoms with van der Waals surface area (Å²) >= 11 is 6.07. The topological polar surface area (TPSA) is 87.1 Å². The summed E-state index contributed by atoms with van der Waals surface area (Å²) in [5.74, 6) is -0.589. The monoisotopic (exact) mass is 307 g/mol. The normalized spacial score (nSPS) is 10.6. The Kier molecular flexibility index (Phi) is 4.28. The van der Waals surface area contributed by atoms with Gasteiger partial charge in [-0.1, -0.05) is 17.7 Å². The molecule has 6 nitrogen and oxygen atoms in total. The van der Waals surface area contributed by atoms with Gasteiger partial charge in [0.05, 0.1) is 6.54 Å². The van der Waals surface area contributed by atoms with Gasteiger partial charge in [-0.3, -0.25) is 14.2 Å². The standard InChI is InChI=1S/C14H14ClN3O3/c1-2-17-6-5-12(19)18(14(17)21)8-10-4-3-9(13(16)20)7-11(10)15/h3-7H,2,8H2,1H3,(H2,16,20). The summed E-state index contributed by atoms with van der Waals surface area (Å²) in [5, 5.41) is 0.282. The molecule has 0 fully saturated rings. The van der Waals surface area contributed by atoms with Crippen LogP contribution in [0.2, 0.25) is 5.02 Å².